The lowest BCUT2D eigenvalue weighted by molar-refractivity contribution is 0.0690. The van der Waals surface area contributed by atoms with Crippen LogP contribution in [0.1, 0.15) is 21.9 Å². The summed E-state index contributed by atoms with van der Waals surface area (Å²) >= 11 is 3.17. The van der Waals surface area contributed by atoms with Crippen molar-refractivity contribution in [2.75, 3.05) is 0 Å². The fourth-order valence-corrected chi connectivity index (χ4v) is 1.85. The van der Waals surface area contributed by atoms with Crippen molar-refractivity contribution in [1.82, 2.24) is 14.5 Å². The number of carboxylic acids is 1. The number of aromatic nitrogens is 3. The Labute approximate surface area is 116 Å². The first-order valence-electron chi connectivity index (χ1n) is 5.40. The second-order valence-electron chi connectivity index (χ2n) is 3.90. The highest BCUT2D eigenvalue weighted by molar-refractivity contribution is 9.10. The molecule has 0 aliphatic rings. The average Bonchev–Trinajstić information content (AvgIpc) is 2.40. The van der Waals surface area contributed by atoms with Gasteiger partial charge in [0.15, 0.2) is 0 Å². The lowest BCUT2D eigenvalue weighted by atomic mass is 10.3. The molecular formula is C12H10BrN3O3. The Morgan fingerprint density at radius 3 is 2.89 bits per heavy atom. The molecular weight excluding hydrogens is 314 g/mol. The van der Waals surface area contributed by atoms with E-state index in [9.17, 15) is 9.59 Å². The van der Waals surface area contributed by atoms with E-state index in [1.165, 1.54) is 17.0 Å². The van der Waals surface area contributed by atoms with Gasteiger partial charge in [0.2, 0.25) is 0 Å². The van der Waals surface area contributed by atoms with Crippen molar-refractivity contribution < 1.29 is 9.90 Å². The quantitative estimate of drug-likeness (QED) is 0.924. The van der Waals surface area contributed by atoms with Crippen LogP contribution in [-0.4, -0.2) is 25.6 Å². The van der Waals surface area contributed by atoms with Gasteiger partial charge < -0.3 is 5.11 Å². The molecule has 2 aromatic rings. The van der Waals surface area contributed by atoms with Gasteiger partial charge in [0, 0.05) is 0 Å². The molecule has 0 spiro atoms. The van der Waals surface area contributed by atoms with E-state index >= 15 is 0 Å². The molecule has 6 nitrogen and oxygen atoms in total. The molecule has 0 aromatic carbocycles. The summed E-state index contributed by atoms with van der Waals surface area (Å²) < 4.78 is 1.76. The first kappa shape index (κ1) is 13.4. The van der Waals surface area contributed by atoms with Crippen molar-refractivity contribution in [2.45, 2.75) is 13.5 Å². The van der Waals surface area contributed by atoms with Gasteiger partial charge in [0.05, 0.1) is 24.3 Å². The van der Waals surface area contributed by atoms with E-state index in [0.717, 1.165) is 0 Å². The van der Waals surface area contributed by atoms with Crippen molar-refractivity contribution in [3.63, 3.8) is 0 Å². The Hall–Kier alpha value is -2.02. The van der Waals surface area contributed by atoms with Crippen LogP contribution in [-0.2, 0) is 6.54 Å². The molecule has 0 bridgehead atoms. The van der Waals surface area contributed by atoms with Crippen LogP contribution < -0.4 is 5.56 Å². The van der Waals surface area contributed by atoms with Crippen molar-refractivity contribution in [2.24, 2.45) is 0 Å². The largest absolute Gasteiger partial charge is 0.477 e. The minimum atomic E-state index is -1.10. The lowest BCUT2D eigenvalue weighted by Gasteiger charge is -2.06. The number of carbonyl (C=O) groups is 1. The minimum Gasteiger partial charge on any atom is -0.477 e. The van der Waals surface area contributed by atoms with Gasteiger partial charge >= 0.3 is 5.97 Å². The van der Waals surface area contributed by atoms with Crippen LogP contribution in [0.5, 0.6) is 0 Å². The molecule has 0 atom stereocenters. The van der Waals surface area contributed by atoms with Gasteiger partial charge in [0.1, 0.15) is 10.2 Å². The fraction of sp³-hybridized carbons (Fsp3) is 0.167. The molecule has 19 heavy (non-hydrogen) atoms. The van der Waals surface area contributed by atoms with Gasteiger partial charge in [-0.2, -0.15) is 0 Å². The monoisotopic (exact) mass is 323 g/mol. The maximum atomic E-state index is 11.9. The molecule has 0 aliphatic carbocycles. The number of nitrogens with zero attached hydrogens (tertiary/aromatic N) is 3. The highest BCUT2D eigenvalue weighted by Crippen LogP contribution is 2.07. The van der Waals surface area contributed by atoms with Crippen LogP contribution in [0.15, 0.2) is 33.8 Å². The molecule has 0 aliphatic heterocycles. The molecule has 2 heterocycles. The normalized spacial score (nSPS) is 10.4. The van der Waals surface area contributed by atoms with E-state index in [1.807, 2.05) is 0 Å². The average molecular weight is 324 g/mol. The highest BCUT2D eigenvalue weighted by atomic mass is 79.9. The fourth-order valence-electron chi connectivity index (χ4n) is 1.52. The molecule has 1 N–H and O–H groups in total. The van der Waals surface area contributed by atoms with E-state index in [2.05, 4.69) is 25.9 Å². The summed E-state index contributed by atoms with van der Waals surface area (Å²) in [5.41, 5.74) is 0.813. The number of pyridine rings is 1. The van der Waals surface area contributed by atoms with Crippen LogP contribution in [0.25, 0.3) is 0 Å². The molecule has 98 valence electrons. The van der Waals surface area contributed by atoms with E-state index in [1.54, 1.807) is 19.1 Å². The van der Waals surface area contributed by atoms with Gasteiger partial charge in [-0.15, -0.1) is 0 Å². The number of carboxylic acid groups (broad SMARTS) is 1. The molecule has 0 fully saturated rings. The van der Waals surface area contributed by atoms with Crippen molar-refractivity contribution >= 4 is 21.9 Å². The van der Waals surface area contributed by atoms with Crippen LogP contribution in [0.2, 0.25) is 0 Å². The molecule has 7 heteroatoms. The van der Waals surface area contributed by atoms with Gasteiger partial charge in [-0.1, -0.05) is 6.07 Å². The van der Waals surface area contributed by atoms with E-state index in [4.69, 9.17) is 5.11 Å². The number of aromatic carboxylic acids is 1. The summed E-state index contributed by atoms with van der Waals surface area (Å²) in [6.45, 7) is 1.89. The van der Waals surface area contributed by atoms with Crippen molar-refractivity contribution in [1.29, 1.82) is 0 Å². The molecule has 0 radical (unpaired) electrons. The Balaban J connectivity index is 2.37. The van der Waals surface area contributed by atoms with Gasteiger partial charge in [-0.25, -0.2) is 14.8 Å². The highest BCUT2D eigenvalue weighted by Gasteiger charge is 2.08. The zero-order valence-corrected chi connectivity index (χ0v) is 11.6. The Kier molecular flexibility index (Phi) is 3.75. The second-order valence-corrected chi connectivity index (χ2v) is 4.69. The zero-order valence-electron chi connectivity index (χ0n) is 10.00. The molecule has 0 saturated heterocycles. The van der Waals surface area contributed by atoms with Crippen LogP contribution in [0, 0.1) is 6.92 Å². The molecule has 0 saturated carbocycles. The first-order valence-corrected chi connectivity index (χ1v) is 6.19. The number of rotatable bonds is 3. The van der Waals surface area contributed by atoms with E-state index < -0.39 is 5.97 Å². The Bertz CT molecular complexity index is 697. The van der Waals surface area contributed by atoms with Gasteiger partial charge in [-0.3, -0.25) is 9.36 Å². The smallest absolute Gasteiger partial charge is 0.354 e. The van der Waals surface area contributed by atoms with Crippen LogP contribution >= 0.6 is 15.9 Å². The summed E-state index contributed by atoms with van der Waals surface area (Å²) in [6.07, 6.45) is 1.41. The first-order chi connectivity index (χ1) is 8.99. The summed E-state index contributed by atoms with van der Waals surface area (Å²) in [5, 5.41) is 8.86. The third kappa shape index (κ3) is 2.87. The number of hydrogen-bond acceptors (Lipinski definition) is 4. The maximum absolute atomic E-state index is 11.9. The molecule has 0 unspecified atom stereocenters. The second kappa shape index (κ2) is 5.31. The summed E-state index contributed by atoms with van der Waals surface area (Å²) in [5.74, 6) is -1.10. The zero-order chi connectivity index (χ0) is 14.0. The third-order valence-corrected chi connectivity index (χ3v) is 3.43. The maximum Gasteiger partial charge on any atom is 0.354 e. The summed E-state index contributed by atoms with van der Waals surface area (Å²) in [7, 11) is 0. The van der Waals surface area contributed by atoms with Crippen LogP contribution in [0.4, 0.5) is 0 Å². The third-order valence-electron chi connectivity index (χ3n) is 2.52. The minimum absolute atomic E-state index is 0.0512. The predicted octanol–water partition coefficient (Wildman–Crippen LogP) is 1.46. The summed E-state index contributed by atoms with van der Waals surface area (Å²) in [6, 6.07) is 4.65. The Morgan fingerprint density at radius 1 is 1.47 bits per heavy atom. The molecule has 2 aromatic heterocycles. The number of aryl methyl sites for hydroxylation is 1. The van der Waals surface area contributed by atoms with Crippen molar-refractivity contribution in [3.8, 4) is 0 Å². The molecule has 0 amide bonds. The van der Waals surface area contributed by atoms with Gasteiger partial charge in [0.25, 0.3) is 5.56 Å². The van der Waals surface area contributed by atoms with E-state index in [0.29, 0.717) is 15.9 Å². The standard InChI is InChI=1S/C12H10BrN3O3/c1-7-10(13)11(17)16(6-14-7)5-8-3-2-4-9(15-8)12(18)19/h2-4,6H,5H2,1H3,(H,18,19). The van der Waals surface area contributed by atoms with Crippen LogP contribution in [0.3, 0.4) is 0 Å². The number of halogens is 1. The van der Waals surface area contributed by atoms with Crippen molar-refractivity contribution in [3.05, 3.63) is 56.4 Å². The lowest BCUT2D eigenvalue weighted by Crippen LogP contribution is -2.23. The van der Waals surface area contributed by atoms with Gasteiger partial charge in [-0.05, 0) is 35.0 Å². The summed E-state index contributed by atoms with van der Waals surface area (Å²) in [4.78, 5) is 30.8. The topological polar surface area (TPSA) is 85.1 Å². The van der Waals surface area contributed by atoms with E-state index in [-0.39, 0.29) is 17.8 Å². The molecule has 2 rings (SSSR count). The Morgan fingerprint density at radius 2 is 2.21 bits per heavy atom. The predicted molar refractivity (Wildman–Crippen MR) is 71.2 cm³/mol. The number of hydrogen-bond donors (Lipinski definition) is 1. The SMILES string of the molecule is Cc1ncn(Cc2cccc(C(=O)O)n2)c(=O)c1Br.